The minimum atomic E-state index is -0.170. The van der Waals surface area contributed by atoms with E-state index < -0.39 is 0 Å². The van der Waals surface area contributed by atoms with Crippen molar-refractivity contribution in [1.82, 2.24) is 15.6 Å². The fourth-order valence-electron chi connectivity index (χ4n) is 4.51. The number of nitrogens with one attached hydrogen (secondary N) is 3. The van der Waals surface area contributed by atoms with E-state index >= 15 is 0 Å². The van der Waals surface area contributed by atoms with Crippen molar-refractivity contribution >= 4 is 36.3 Å². The van der Waals surface area contributed by atoms with Crippen molar-refractivity contribution in [2.45, 2.75) is 31.5 Å². The van der Waals surface area contributed by atoms with E-state index in [4.69, 9.17) is 0 Å². The number of fused-ring (bicyclic) bond motifs is 1. The molecule has 1 saturated heterocycles. The molecule has 3 heterocycles. The number of carbonyl (C=O) groups excluding carboxylic acids is 1. The van der Waals surface area contributed by atoms with Crippen molar-refractivity contribution in [2.24, 2.45) is 0 Å². The predicted molar refractivity (Wildman–Crippen MR) is 135 cm³/mol. The van der Waals surface area contributed by atoms with Gasteiger partial charge in [0, 0.05) is 35.8 Å². The van der Waals surface area contributed by atoms with Crippen LogP contribution in [0.4, 0.5) is 10.1 Å². The molecule has 0 aromatic heterocycles. The van der Waals surface area contributed by atoms with Crippen LogP contribution in [0.25, 0.3) is 0 Å². The van der Waals surface area contributed by atoms with Gasteiger partial charge >= 0.3 is 0 Å². The average molecular weight is 544 g/mol. The first-order valence-electron chi connectivity index (χ1n) is 10.9. The van der Waals surface area contributed by atoms with Crippen molar-refractivity contribution < 1.29 is 9.18 Å². The number of hydrogen-bond donors (Lipinski definition) is 3. The van der Waals surface area contributed by atoms with Gasteiger partial charge in [-0.1, -0.05) is 51.1 Å². The highest BCUT2D eigenvalue weighted by atomic mass is 127. The zero-order chi connectivity index (χ0) is 21.9. The summed E-state index contributed by atoms with van der Waals surface area (Å²) in [6.45, 7) is 2.21. The normalized spacial score (nSPS) is 22.5. The number of halogens is 2. The maximum Gasteiger partial charge on any atom is 0.251 e. The lowest BCUT2D eigenvalue weighted by atomic mass is 9.96. The van der Waals surface area contributed by atoms with Crippen LogP contribution in [-0.4, -0.2) is 34.0 Å². The lowest BCUT2D eigenvalue weighted by molar-refractivity contribution is 0.0900. The number of anilines is 1. The highest BCUT2D eigenvalue weighted by Crippen LogP contribution is 2.35. The molecule has 1 amide bonds. The van der Waals surface area contributed by atoms with E-state index in [-0.39, 0.29) is 44.5 Å². The molecular formula is C25H26FIN4O. The number of piperidine rings is 1. The molecule has 2 atom stereocenters. The standard InChI is InChI=1S/C25H26FIN4O/c26-22-6-2-1-4-19(22)15-31-13-3-5-20(16-31)28-25(32)18-7-8-23-21(14-18)24(30-29-23)17-9-11-27-12-10-17/h1-2,4,6-12,14,20,24,29-30H,3,5,13,15-16H2,(H,28,32)/t20-,24?/m1/s1. The summed E-state index contributed by atoms with van der Waals surface area (Å²) in [6, 6.07) is 12.8. The Hall–Kier alpha value is -2.36. The summed E-state index contributed by atoms with van der Waals surface area (Å²) in [5, 5.41) is 3.21. The van der Waals surface area contributed by atoms with E-state index in [1.807, 2.05) is 30.3 Å². The first kappa shape index (κ1) is 21.5. The van der Waals surface area contributed by atoms with E-state index in [0.717, 1.165) is 37.2 Å². The number of hydrogen-bond acceptors (Lipinski definition) is 4. The maximum atomic E-state index is 14.0. The summed E-state index contributed by atoms with van der Waals surface area (Å²) in [6.07, 6.45) is 6.28. The van der Waals surface area contributed by atoms with Crippen LogP contribution in [0, 0.1) is 5.82 Å². The van der Waals surface area contributed by atoms with Crippen LogP contribution in [0.5, 0.6) is 0 Å². The van der Waals surface area contributed by atoms with E-state index in [1.165, 1.54) is 11.6 Å². The number of allylic oxidation sites excluding steroid dienone is 1. The minimum absolute atomic E-state index is 0.0342. The number of likely N-dealkylation sites (tertiary alicyclic amines) is 1. The van der Waals surface area contributed by atoms with Gasteiger partial charge in [-0.3, -0.25) is 9.69 Å². The highest BCUT2D eigenvalue weighted by Gasteiger charge is 2.27. The number of nitrogens with zero attached hydrogens (tertiary/aromatic N) is 1. The Kier molecular flexibility index (Phi) is 6.47. The molecule has 166 valence electrons. The van der Waals surface area contributed by atoms with Gasteiger partial charge in [0.05, 0.1) is 11.7 Å². The van der Waals surface area contributed by atoms with Gasteiger partial charge in [-0.25, -0.2) is 9.82 Å². The lowest BCUT2D eigenvalue weighted by Crippen LogP contribution is -2.47. The average Bonchev–Trinajstić information content (AvgIpc) is 3.25. The van der Waals surface area contributed by atoms with E-state index in [9.17, 15) is 9.18 Å². The molecule has 5 rings (SSSR count). The molecule has 3 aliphatic heterocycles. The van der Waals surface area contributed by atoms with E-state index in [1.54, 1.807) is 6.07 Å². The highest BCUT2D eigenvalue weighted by molar-refractivity contribution is 14.2. The zero-order valence-electron chi connectivity index (χ0n) is 17.7. The number of amides is 1. The number of rotatable bonds is 5. The molecule has 2 aromatic rings. The Balaban J connectivity index is 1.25. The van der Waals surface area contributed by atoms with Crippen LogP contribution in [0.1, 0.15) is 40.4 Å². The molecule has 0 spiro atoms. The molecule has 0 aliphatic carbocycles. The van der Waals surface area contributed by atoms with Gasteiger partial charge in [-0.05, 0) is 57.3 Å². The maximum absolute atomic E-state index is 14.0. The fraction of sp³-hybridized carbons (Fsp3) is 0.280. The van der Waals surface area contributed by atoms with Gasteiger partial charge < -0.3 is 10.7 Å². The van der Waals surface area contributed by atoms with Crippen molar-refractivity contribution in [1.29, 1.82) is 0 Å². The third-order valence-corrected chi connectivity index (χ3v) is 7.71. The molecule has 0 bridgehead atoms. The van der Waals surface area contributed by atoms with Crippen LogP contribution in [-0.2, 0) is 6.54 Å². The quantitative estimate of drug-likeness (QED) is 0.489. The summed E-state index contributed by atoms with van der Waals surface area (Å²) in [5.74, 6) is -0.224. The van der Waals surface area contributed by atoms with Gasteiger partial charge in [-0.2, -0.15) is 0 Å². The zero-order valence-corrected chi connectivity index (χ0v) is 19.8. The van der Waals surface area contributed by atoms with Crippen molar-refractivity contribution in [3.05, 3.63) is 86.8 Å². The van der Waals surface area contributed by atoms with E-state index in [0.29, 0.717) is 17.7 Å². The number of hydrazine groups is 1. The monoisotopic (exact) mass is 544 g/mol. The second-order valence-corrected chi connectivity index (χ2v) is 10.5. The molecule has 3 N–H and O–H groups in total. The van der Waals surface area contributed by atoms with E-state index in [2.05, 4.69) is 41.3 Å². The summed E-state index contributed by atoms with van der Waals surface area (Å²) >= 11 is 0.0342. The molecule has 1 fully saturated rings. The lowest BCUT2D eigenvalue weighted by Gasteiger charge is -2.33. The molecule has 0 radical (unpaired) electrons. The molecule has 2 aromatic carbocycles. The molecule has 3 aliphatic rings. The van der Waals surface area contributed by atoms with Crippen LogP contribution >= 0.6 is 20.7 Å². The van der Waals surface area contributed by atoms with Gasteiger partial charge in [0.25, 0.3) is 5.91 Å². The Labute approximate surface area is 197 Å². The summed E-state index contributed by atoms with van der Waals surface area (Å²) in [5.41, 5.74) is 11.2. The smallest absolute Gasteiger partial charge is 0.251 e. The second-order valence-electron chi connectivity index (χ2n) is 8.35. The first-order chi connectivity index (χ1) is 15.7. The SMILES string of the molecule is O=C(N[C@@H]1CCCN(Cc2ccccc2F)C1)c1ccc2c(c1)C(C1=CC=IC=C1)NN2. The predicted octanol–water partition coefficient (Wildman–Crippen LogP) is 4.42. The second kappa shape index (κ2) is 9.64. The van der Waals surface area contributed by atoms with Crippen LogP contribution < -0.4 is 16.2 Å². The Morgan fingerprint density at radius 1 is 1.25 bits per heavy atom. The summed E-state index contributed by atoms with van der Waals surface area (Å²) < 4.78 is 18.5. The molecule has 5 nitrogen and oxygen atoms in total. The molecule has 32 heavy (non-hydrogen) atoms. The molecular weight excluding hydrogens is 518 g/mol. The summed E-state index contributed by atoms with van der Waals surface area (Å²) in [7, 11) is 0. The topological polar surface area (TPSA) is 56.4 Å². The largest absolute Gasteiger partial charge is 0.348 e. The summed E-state index contributed by atoms with van der Waals surface area (Å²) in [4.78, 5) is 15.3. The third-order valence-electron chi connectivity index (χ3n) is 6.16. The van der Waals surface area contributed by atoms with Crippen molar-refractivity contribution in [3.8, 4) is 0 Å². The van der Waals surface area contributed by atoms with Crippen LogP contribution in [0.3, 0.4) is 0 Å². The van der Waals surface area contributed by atoms with Gasteiger partial charge in [0.1, 0.15) is 5.82 Å². The van der Waals surface area contributed by atoms with Gasteiger partial charge in [0.15, 0.2) is 0 Å². The third kappa shape index (κ3) is 4.69. The Morgan fingerprint density at radius 3 is 3.00 bits per heavy atom. The van der Waals surface area contributed by atoms with Crippen molar-refractivity contribution in [2.75, 3.05) is 18.5 Å². The number of carbonyl (C=O) groups is 1. The Bertz CT molecular complexity index is 1110. The van der Waals surface area contributed by atoms with Gasteiger partial charge in [-0.15, -0.1) is 0 Å². The van der Waals surface area contributed by atoms with Crippen LogP contribution in [0.15, 0.2) is 64.3 Å². The molecule has 1 unspecified atom stereocenters. The molecule has 7 heteroatoms. The van der Waals surface area contributed by atoms with Crippen molar-refractivity contribution in [3.63, 3.8) is 0 Å². The minimum Gasteiger partial charge on any atom is -0.348 e. The van der Waals surface area contributed by atoms with Crippen LogP contribution in [0.2, 0.25) is 0 Å². The first-order valence-corrected chi connectivity index (χ1v) is 13.4. The molecule has 0 saturated carbocycles. The Morgan fingerprint density at radius 2 is 2.16 bits per heavy atom. The van der Waals surface area contributed by atoms with Gasteiger partial charge in [0.2, 0.25) is 0 Å². The number of benzene rings is 2. The fourth-order valence-corrected chi connectivity index (χ4v) is 5.99.